The first-order chi connectivity index (χ1) is 43.8. The number of nitrogens with one attached hydrogen (secondary N) is 10. The highest BCUT2D eigenvalue weighted by molar-refractivity contribution is 7.98. The van der Waals surface area contributed by atoms with Crippen molar-refractivity contribution in [2.75, 3.05) is 37.2 Å². The molecule has 32 nitrogen and oxygen atoms in total. The van der Waals surface area contributed by atoms with Crippen molar-refractivity contribution in [2.45, 2.75) is 152 Å². The first kappa shape index (κ1) is 79.4. The van der Waals surface area contributed by atoms with Crippen LogP contribution in [0.5, 0.6) is 5.75 Å². The van der Waals surface area contributed by atoms with Crippen molar-refractivity contribution >= 4 is 113 Å². The van der Waals surface area contributed by atoms with Crippen molar-refractivity contribution in [1.82, 2.24) is 52.8 Å². The van der Waals surface area contributed by atoms with Gasteiger partial charge in [0.15, 0.2) is 0 Å². The zero-order valence-corrected chi connectivity index (χ0v) is 54.9. The fraction of sp³-hybridized carbons (Fsp3) is 0.552. The lowest BCUT2D eigenvalue weighted by Gasteiger charge is -2.29. The van der Waals surface area contributed by atoms with Crippen LogP contribution in [-0.4, -0.2) is 204 Å². The number of fused-ring (bicyclic) bond motifs is 1. The van der Waals surface area contributed by atoms with Crippen LogP contribution in [0.4, 0.5) is 0 Å². The number of aliphatic hydroxyl groups excluding tert-OH is 1. The van der Waals surface area contributed by atoms with Gasteiger partial charge in [-0.2, -0.15) is 23.5 Å². The van der Waals surface area contributed by atoms with E-state index in [0.29, 0.717) is 40.6 Å². The minimum atomic E-state index is -4.84. The number of carbonyl (C=O) groups excluding carboxylic acids is 9. The van der Waals surface area contributed by atoms with Crippen molar-refractivity contribution in [1.29, 1.82) is 0 Å². The third-order valence-electron chi connectivity index (χ3n) is 14.3. The summed E-state index contributed by atoms with van der Waals surface area (Å²) in [5, 5.41) is 62.5. The van der Waals surface area contributed by atoms with Crippen LogP contribution < -0.4 is 63.8 Å². The lowest BCUT2D eigenvalue weighted by atomic mass is 9.99. The number of aliphatic carboxylic acids is 3. The second kappa shape index (κ2) is 39.6. The standard InChI is InChI=1S/C58H87N12O20PS2/c1-30(2)47(56(83)65-41(58(85)86)13-9-10-22-59)69-52(79)40(21-24-93-6)64-50(77)38(18-19-45(72)73)63-54(81)43(27-46(74)75)66-55(82)44(29-71)68-53(80)42(26-33-28-61-37-12-8-7-11-35(33)37)67-57(84)48(31(3)4)70-51(78)39(20-23-92-5)62-49(76)36(60)25-32-14-16-34(17-15-32)90-91(87,88)89/h7-8,11-12,14-17,28,30-31,36,38-44,47-48,61,71H,9-10,13,18-27,29,59-60H2,1-6H3,(H,62,76)(H,63,81)(H,64,77)(H,65,83)(H,66,82)(H,67,84)(H,68,80)(H,69,79)(H,70,78)(H,72,73)(H,74,75)(H,85,86)(H2,87,88,89)/t36-,38-,39-,40-,41-,42-,43-,44-,47-,48-/m0/s1. The Morgan fingerprint density at radius 3 is 1.51 bits per heavy atom. The monoisotopic (exact) mass is 1370 g/mol. The molecule has 0 radical (unpaired) electrons. The zero-order valence-electron chi connectivity index (χ0n) is 52.3. The maximum atomic E-state index is 14.5. The van der Waals surface area contributed by atoms with Gasteiger partial charge >= 0.3 is 25.7 Å². The highest BCUT2D eigenvalue weighted by atomic mass is 32.2. The number of carboxylic acids is 3. The second-order valence-electron chi connectivity index (χ2n) is 22.4. The number of para-hydroxylation sites is 1. The van der Waals surface area contributed by atoms with Gasteiger partial charge in [0.05, 0.1) is 19.1 Å². The minimum absolute atomic E-state index is 0.0438. The number of aliphatic hydroxyl groups is 1. The number of nitrogens with two attached hydrogens (primary N) is 2. The first-order valence-electron chi connectivity index (χ1n) is 29.7. The molecular weight excluding hydrogens is 1280 g/mol. The number of carbonyl (C=O) groups is 12. The highest BCUT2D eigenvalue weighted by Crippen LogP contribution is 2.37. The van der Waals surface area contributed by atoms with Crippen molar-refractivity contribution in [3.05, 3.63) is 65.9 Å². The third-order valence-corrected chi connectivity index (χ3v) is 16.1. The summed E-state index contributed by atoms with van der Waals surface area (Å²) in [7, 11) is -4.84. The Hall–Kier alpha value is -7.85. The molecule has 1 heterocycles. The normalized spacial score (nSPS) is 14.7. The Morgan fingerprint density at radius 1 is 0.548 bits per heavy atom. The maximum absolute atomic E-state index is 14.5. The number of carboxylic acid groups (broad SMARTS) is 3. The number of unbranched alkanes of at least 4 members (excludes halogenated alkanes) is 1. The van der Waals surface area contributed by atoms with Crippen molar-refractivity contribution in [2.24, 2.45) is 23.3 Å². The van der Waals surface area contributed by atoms with E-state index < -0.39 is 177 Å². The molecule has 3 rings (SSSR count). The SMILES string of the molecule is CSCC[C@H](NC(=O)[C@H](CCC(=O)O)NC(=O)[C@H](CC(=O)O)NC(=O)[C@H](CO)NC(=O)[C@H](Cc1c[nH]c2ccccc12)NC(=O)[C@@H](NC(=O)[C@H](CCSC)NC(=O)[C@@H](N)Cc1ccc(OP(=O)(O)O)cc1)C(C)C)C(=O)N[C@H](C(=O)N[C@@H](CCCCN)C(=O)O)C(C)C. The molecule has 20 N–H and O–H groups in total. The Kier molecular flexibility index (Phi) is 33.8. The molecule has 35 heteroatoms. The van der Waals surface area contributed by atoms with Crippen LogP contribution in [0.1, 0.15) is 90.2 Å². The van der Waals surface area contributed by atoms with E-state index in [2.05, 4.69) is 57.4 Å². The van der Waals surface area contributed by atoms with E-state index in [9.17, 15) is 82.5 Å². The van der Waals surface area contributed by atoms with Crippen LogP contribution >= 0.6 is 31.3 Å². The van der Waals surface area contributed by atoms with Crippen LogP contribution in [0.25, 0.3) is 10.9 Å². The summed E-state index contributed by atoms with van der Waals surface area (Å²) in [5.41, 5.74) is 13.3. The van der Waals surface area contributed by atoms with Crippen LogP contribution in [0.15, 0.2) is 54.7 Å². The summed E-state index contributed by atoms with van der Waals surface area (Å²) >= 11 is 2.62. The summed E-state index contributed by atoms with van der Waals surface area (Å²) in [6.45, 7) is 5.42. The lowest BCUT2D eigenvalue weighted by molar-refractivity contribution is -0.143. The van der Waals surface area contributed by atoms with E-state index >= 15 is 0 Å². The largest absolute Gasteiger partial charge is 0.524 e. The maximum Gasteiger partial charge on any atom is 0.524 e. The van der Waals surface area contributed by atoms with Gasteiger partial charge in [0.2, 0.25) is 53.2 Å². The Morgan fingerprint density at radius 2 is 1.01 bits per heavy atom. The fourth-order valence-corrected chi connectivity index (χ4v) is 10.6. The second-order valence-corrected chi connectivity index (χ2v) is 25.5. The Labute approximate surface area is 545 Å². The number of phosphoric acid groups is 1. The first-order valence-corrected chi connectivity index (χ1v) is 34.0. The molecule has 10 atom stereocenters. The molecule has 0 aliphatic rings. The lowest BCUT2D eigenvalue weighted by Crippen LogP contribution is -2.62. The van der Waals surface area contributed by atoms with Crippen LogP contribution in [-0.2, 0) is 74.9 Å². The van der Waals surface area contributed by atoms with Gasteiger partial charge in [-0.3, -0.25) is 62.5 Å². The van der Waals surface area contributed by atoms with E-state index in [-0.39, 0.29) is 50.2 Å². The molecule has 2 aromatic carbocycles. The molecule has 516 valence electrons. The smallest absolute Gasteiger partial charge is 0.481 e. The molecule has 0 unspecified atom stereocenters. The predicted octanol–water partition coefficient (Wildman–Crippen LogP) is -1.52. The van der Waals surface area contributed by atoms with Crippen molar-refractivity contribution in [3.8, 4) is 5.75 Å². The van der Waals surface area contributed by atoms with Crippen LogP contribution in [0, 0.1) is 11.8 Å². The number of phosphoric ester groups is 1. The highest BCUT2D eigenvalue weighted by Gasteiger charge is 2.38. The van der Waals surface area contributed by atoms with Gasteiger partial charge in [0.1, 0.15) is 60.1 Å². The van der Waals surface area contributed by atoms with Gasteiger partial charge in [-0.05, 0) is 117 Å². The average molecular weight is 1370 g/mol. The third kappa shape index (κ3) is 27.7. The number of aromatic amines is 1. The molecular formula is C58H87N12O20PS2. The molecule has 0 saturated heterocycles. The van der Waals surface area contributed by atoms with Gasteiger partial charge < -0.3 is 89.3 Å². The van der Waals surface area contributed by atoms with E-state index in [0.717, 1.165) is 0 Å². The summed E-state index contributed by atoms with van der Waals surface area (Å²) in [6.07, 6.45) is 2.94. The van der Waals surface area contributed by atoms with E-state index in [1.165, 1.54) is 47.8 Å². The predicted molar refractivity (Wildman–Crippen MR) is 343 cm³/mol. The quantitative estimate of drug-likeness (QED) is 0.0226. The van der Waals surface area contributed by atoms with Crippen LogP contribution in [0.3, 0.4) is 0 Å². The van der Waals surface area contributed by atoms with Crippen molar-refractivity contribution in [3.63, 3.8) is 0 Å². The van der Waals surface area contributed by atoms with E-state index in [1.807, 2.05) is 0 Å². The van der Waals surface area contributed by atoms with Gasteiger partial charge in [0.25, 0.3) is 0 Å². The summed E-state index contributed by atoms with van der Waals surface area (Å²) in [5.74, 6) is -14.5. The van der Waals surface area contributed by atoms with Gasteiger partial charge in [-0.25, -0.2) is 9.36 Å². The number of benzene rings is 2. The topological polar surface area (TPSA) is 529 Å². The fourth-order valence-electron chi connectivity index (χ4n) is 9.24. The van der Waals surface area contributed by atoms with Crippen LogP contribution in [0.2, 0.25) is 0 Å². The zero-order chi connectivity index (χ0) is 69.7. The number of rotatable bonds is 43. The van der Waals surface area contributed by atoms with Crippen molar-refractivity contribution < 1.29 is 96.8 Å². The Balaban J connectivity index is 1.89. The number of hydrogen-bond donors (Lipinski definition) is 18. The number of H-pyrrole nitrogens is 1. The molecule has 0 saturated carbocycles. The van der Waals surface area contributed by atoms with Gasteiger partial charge in [-0.15, -0.1) is 0 Å². The molecule has 0 fully saturated rings. The molecule has 93 heavy (non-hydrogen) atoms. The number of thioether (sulfide) groups is 2. The number of hydrogen-bond acceptors (Lipinski definition) is 19. The number of amides is 9. The molecule has 0 spiro atoms. The minimum Gasteiger partial charge on any atom is -0.481 e. The van der Waals surface area contributed by atoms with E-state index in [4.69, 9.17) is 21.3 Å². The van der Waals surface area contributed by atoms with E-state index in [1.54, 1.807) is 70.7 Å². The number of aromatic nitrogens is 1. The Bertz CT molecular complexity index is 3100. The molecule has 0 bridgehead atoms. The molecule has 0 aliphatic heterocycles. The summed E-state index contributed by atoms with van der Waals surface area (Å²) in [4.78, 5) is 183. The molecule has 9 amide bonds. The average Bonchev–Trinajstić information content (AvgIpc) is 2.02. The van der Waals surface area contributed by atoms with Gasteiger partial charge in [0, 0.05) is 29.9 Å². The molecule has 0 aliphatic carbocycles. The summed E-state index contributed by atoms with van der Waals surface area (Å²) in [6, 6.07) is -3.15. The summed E-state index contributed by atoms with van der Waals surface area (Å²) < 4.78 is 15.8. The molecule has 3 aromatic rings. The van der Waals surface area contributed by atoms with Gasteiger partial charge in [-0.1, -0.05) is 58.0 Å². The molecule has 1 aromatic heterocycles.